The van der Waals surface area contributed by atoms with Crippen LogP contribution in [0.5, 0.6) is 11.6 Å². The Hall–Kier alpha value is -3.23. The van der Waals surface area contributed by atoms with Gasteiger partial charge in [-0.15, -0.1) is 0 Å². The first kappa shape index (κ1) is 14.2. The molecule has 0 bridgehead atoms. The van der Waals surface area contributed by atoms with Crippen LogP contribution in [0.3, 0.4) is 0 Å². The van der Waals surface area contributed by atoms with Gasteiger partial charge in [-0.1, -0.05) is 5.16 Å². The Morgan fingerprint density at radius 2 is 2.29 bits per heavy atom. The molecular formula is C12H11N5O4. The van der Waals surface area contributed by atoms with Crippen LogP contribution in [0, 0.1) is 17.0 Å². The number of pyridine rings is 2. The van der Waals surface area contributed by atoms with Gasteiger partial charge in [-0.2, -0.15) is 0 Å². The number of rotatable bonds is 4. The van der Waals surface area contributed by atoms with Crippen molar-refractivity contribution in [2.45, 2.75) is 6.92 Å². The molecule has 0 spiro atoms. The lowest BCUT2D eigenvalue weighted by molar-refractivity contribution is -0.385. The molecule has 0 saturated heterocycles. The van der Waals surface area contributed by atoms with Gasteiger partial charge in [0.05, 0.1) is 16.2 Å². The van der Waals surface area contributed by atoms with E-state index in [4.69, 9.17) is 15.7 Å². The molecule has 0 amide bonds. The highest BCUT2D eigenvalue weighted by Crippen LogP contribution is 2.27. The van der Waals surface area contributed by atoms with E-state index in [2.05, 4.69) is 15.1 Å². The van der Waals surface area contributed by atoms with Crippen molar-refractivity contribution in [2.24, 2.45) is 10.9 Å². The number of oxime groups is 1. The fourth-order valence-corrected chi connectivity index (χ4v) is 1.54. The Kier molecular flexibility index (Phi) is 3.93. The van der Waals surface area contributed by atoms with Gasteiger partial charge in [-0.25, -0.2) is 4.98 Å². The molecule has 3 N–H and O–H groups in total. The fraction of sp³-hybridized carbons (Fsp3) is 0.0833. The Morgan fingerprint density at radius 3 is 2.90 bits per heavy atom. The third-order valence-electron chi connectivity index (χ3n) is 2.60. The molecule has 0 aromatic carbocycles. The van der Waals surface area contributed by atoms with Gasteiger partial charge in [-0.05, 0) is 19.1 Å². The van der Waals surface area contributed by atoms with E-state index in [1.807, 2.05) is 0 Å². The highest BCUT2D eigenvalue weighted by Gasteiger charge is 2.18. The summed E-state index contributed by atoms with van der Waals surface area (Å²) in [4.78, 5) is 18.0. The molecule has 9 heteroatoms. The smallest absolute Gasteiger partial charge is 0.288 e. The number of hydrogen-bond donors (Lipinski definition) is 2. The first-order valence-electron chi connectivity index (χ1n) is 5.74. The number of nitrogens with zero attached hydrogens (tertiary/aromatic N) is 4. The van der Waals surface area contributed by atoms with Gasteiger partial charge in [0.2, 0.25) is 5.88 Å². The Balaban J connectivity index is 2.48. The van der Waals surface area contributed by atoms with Crippen LogP contribution in [0.15, 0.2) is 35.7 Å². The SMILES string of the molecule is Cc1ncccc1Oc1ncc([N+](=O)[O-])cc1/C(N)=N/O. The molecule has 2 aromatic rings. The molecule has 108 valence electrons. The third kappa shape index (κ3) is 3.03. The van der Waals surface area contributed by atoms with Crippen LogP contribution in [0.2, 0.25) is 0 Å². The summed E-state index contributed by atoms with van der Waals surface area (Å²) in [7, 11) is 0. The van der Waals surface area contributed by atoms with E-state index >= 15 is 0 Å². The summed E-state index contributed by atoms with van der Waals surface area (Å²) in [5, 5.41) is 22.3. The molecule has 2 rings (SSSR count). The molecule has 0 aliphatic heterocycles. The van der Waals surface area contributed by atoms with Crippen molar-refractivity contribution in [1.82, 2.24) is 9.97 Å². The zero-order valence-electron chi connectivity index (χ0n) is 10.9. The van der Waals surface area contributed by atoms with Crippen LogP contribution in [0.25, 0.3) is 0 Å². The van der Waals surface area contributed by atoms with Crippen LogP contribution in [-0.4, -0.2) is 25.9 Å². The van der Waals surface area contributed by atoms with Crippen LogP contribution < -0.4 is 10.5 Å². The molecule has 21 heavy (non-hydrogen) atoms. The second kappa shape index (κ2) is 5.82. The molecule has 0 fully saturated rings. The van der Waals surface area contributed by atoms with Gasteiger partial charge < -0.3 is 15.7 Å². The van der Waals surface area contributed by atoms with Crippen molar-refractivity contribution in [2.75, 3.05) is 0 Å². The summed E-state index contributed by atoms with van der Waals surface area (Å²) in [6.45, 7) is 1.73. The van der Waals surface area contributed by atoms with E-state index in [9.17, 15) is 10.1 Å². The quantitative estimate of drug-likeness (QED) is 0.286. The largest absolute Gasteiger partial charge is 0.436 e. The third-order valence-corrected chi connectivity index (χ3v) is 2.60. The van der Waals surface area contributed by atoms with E-state index in [-0.39, 0.29) is 23.0 Å². The molecule has 0 aliphatic rings. The lowest BCUT2D eigenvalue weighted by Crippen LogP contribution is -2.15. The van der Waals surface area contributed by atoms with Crippen molar-refractivity contribution in [1.29, 1.82) is 0 Å². The Bertz CT molecular complexity index is 717. The molecule has 2 heterocycles. The summed E-state index contributed by atoms with van der Waals surface area (Å²) >= 11 is 0. The normalized spacial score (nSPS) is 11.2. The van der Waals surface area contributed by atoms with Crippen molar-refractivity contribution in [3.8, 4) is 11.6 Å². The average Bonchev–Trinajstić information content (AvgIpc) is 2.49. The first-order valence-corrected chi connectivity index (χ1v) is 5.74. The molecule has 2 aromatic heterocycles. The van der Waals surface area contributed by atoms with E-state index < -0.39 is 4.92 Å². The highest BCUT2D eigenvalue weighted by molar-refractivity contribution is 5.99. The first-order chi connectivity index (χ1) is 10.0. The topological polar surface area (TPSA) is 137 Å². The monoisotopic (exact) mass is 289 g/mol. The second-order valence-electron chi connectivity index (χ2n) is 3.98. The number of amidine groups is 1. The highest BCUT2D eigenvalue weighted by atomic mass is 16.6. The lowest BCUT2D eigenvalue weighted by atomic mass is 10.2. The summed E-state index contributed by atoms with van der Waals surface area (Å²) in [5.74, 6) is 0.0422. The molecule has 9 nitrogen and oxygen atoms in total. The zero-order chi connectivity index (χ0) is 15.4. The molecular weight excluding hydrogens is 278 g/mol. The van der Waals surface area contributed by atoms with E-state index in [1.165, 1.54) is 0 Å². The van der Waals surface area contributed by atoms with Crippen LogP contribution in [0.1, 0.15) is 11.3 Å². The number of hydrogen-bond acceptors (Lipinski definition) is 7. The van der Waals surface area contributed by atoms with Crippen molar-refractivity contribution >= 4 is 11.5 Å². The molecule has 0 unspecified atom stereocenters. The predicted molar refractivity (Wildman–Crippen MR) is 72.5 cm³/mol. The van der Waals surface area contributed by atoms with E-state index in [1.54, 1.807) is 25.3 Å². The molecule has 0 aliphatic carbocycles. The van der Waals surface area contributed by atoms with Crippen LogP contribution in [0.4, 0.5) is 5.69 Å². The van der Waals surface area contributed by atoms with Gasteiger partial charge in [0.25, 0.3) is 5.69 Å². The minimum atomic E-state index is -0.639. The summed E-state index contributed by atoms with van der Waals surface area (Å²) in [6.07, 6.45) is 2.62. The molecule has 0 atom stereocenters. The Morgan fingerprint density at radius 1 is 1.52 bits per heavy atom. The number of aryl methyl sites for hydroxylation is 1. The summed E-state index contributed by atoms with van der Waals surface area (Å²) in [6, 6.07) is 4.43. The van der Waals surface area contributed by atoms with Gasteiger partial charge >= 0.3 is 0 Å². The van der Waals surface area contributed by atoms with Gasteiger partial charge in [-0.3, -0.25) is 15.1 Å². The average molecular weight is 289 g/mol. The second-order valence-corrected chi connectivity index (χ2v) is 3.98. The van der Waals surface area contributed by atoms with Crippen LogP contribution >= 0.6 is 0 Å². The minimum absolute atomic E-state index is 0.00922. The number of nitrogens with two attached hydrogens (primary N) is 1. The Labute approximate surface area is 118 Å². The number of nitro groups is 1. The maximum Gasteiger partial charge on any atom is 0.288 e. The summed E-state index contributed by atoms with van der Waals surface area (Å²) < 4.78 is 5.53. The van der Waals surface area contributed by atoms with Gasteiger partial charge in [0.1, 0.15) is 6.20 Å². The van der Waals surface area contributed by atoms with Crippen molar-refractivity contribution < 1.29 is 14.9 Å². The van der Waals surface area contributed by atoms with Gasteiger partial charge in [0, 0.05) is 12.3 Å². The van der Waals surface area contributed by atoms with Gasteiger partial charge in [0.15, 0.2) is 11.6 Å². The minimum Gasteiger partial charge on any atom is -0.436 e. The maximum absolute atomic E-state index is 10.8. The summed E-state index contributed by atoms with van der Waals surface area (Å²) in [5.41, 5.74) is 5.81. The van der Waals surface area contributed by atoms with Crippen molar-refractivity contribution in [3.63, 3.8) is 0 Å². The molecule has 0 saturated carbocycles. The zero-order valence-corrected chi connectivity index (χ0v) is 10.9. The van der Waals surface area contributed by atoms with Crippen molar-refractivity contribution in [3.05, 3.63) is 52.0 Å². The standard InChI is InChI=1S/C12H11N5O4/c1-7-10(3-2-4-14-7)21-12-9(11(13)16-18)5-8(6-15-12)17(19)20/h2-6,18H,1H3,(H2,13,16). The maximum atomic E-state index is 10.8. The van der Waals surface area contributed by atoms with E-state index in [0.29, 0.717) is 11.4 Å². The number of ether oxygens (including phenoxy) is 1. The van der Waals surface area contributed by atoms with Crippen LogP contribution in [-0.2, 0) is 0 Å². The number of aromatic nitrogens is 2. The lowest BCUT2D eigenvalue weighted by Gasteiger charge is -2.10. The predicted octanol–water partition coefficient (Wildman–Crippen LogP) is 1.58. The fourth-order valence-electron chi connectivity index (χ4n) is 1.54. The molecule has 0 radical (unpaired) electrons. The van der Waals surface area contributed by atoms with E-state index in [0.717, 1.165) is 12.3 Å².